The molecule has 2 aliphatic rings. The Morgan fingerprint density at radius 1 is 0.912 bits per heavy atom. The van der Waals surface area contributed by atoms with Crippen LogP contribution in [0.5, 0.6) is 0 Å². The zero-order chi connectivity index (χ0) is 23.3. The maximum absolute atomic E-state index is 12.0. The fraction of sp³-hybridized carbons (Fsp3) is 0.478. The second-order valence-electron chi connectivity index (χ2n) is 8.38. The van der Waals surface area contributed by atoms with Crippen LogP contribution in [0.3, 0.4) is 0 Å². The molecule has 1 N–H and O–H groups in total. The van der Waals surface area contributed by atoms with Crippen molar-refractivity contribution in [3.8, 4) is 0 Å². The molecule has 0 spiro atoms. The molecule has 0 atom stereocenters. The van der Waals surface area contributed by atoms with Gasteiger partial charge in [-0.1, -0.05) is 42.1 Å². The zero-order valence-corrected chi connectivity index (χ0v) is 20.7. The van der Waals surface area contributed by atoms with Crippen molar-refractivity contribution >= 4 is 45.4 Å². The van der Waals surface area contributed by atoms with Crippen LogP contribution in [0.1, 0.15) is 5.56 Å². The number of piperazine rings is 1. The van der Waals surface area contributed by atoms with Gasteiger partial charge in [-0.05, 0) is 5.56 Å². The van der Waals surface area contributed by atoms with E-state index in [1.165, 1.54) is 5.56 Å². The minimum Gasteiger partial charge on any atom is -0.395 e. The number of fused-ring (bicyclic) bond motifs is 1. The maximum Gasteiger partial charge on any atom is 0.228 e. The van der Waals surface area contributed by atoms with Crippen molar-refractivity contribution in [2.75, 3.05) is 73.7 Å². The standard InChI is InChI=1S/C23H29N7O2S2/c31-13-10-28-6-8-30(9-7-28)23-26-20-19(21(27-23)29-11-14-34(32)15-12-29)24-17-25-22(20)33-16-18-4-2-1-3-5-18/h1-5,17,31H,6-16H2. The molecular formula is C23H29N7O2S2. The summed E-state index contributed by atoms with van der Waals surface area (Å²) in [5.74, 6) is 3.57. The molecule has 0 saturated carbocycles. The van der Waals surface area contributed by atoms with E-state index in [0.717, 1.165) is 53.8 Å². The van der Waals surface area contributed by atoms with E-state index in [-0.39, 0.29) is 6.61 Å². The Hall–Kier alpha value is -2.34. The minimum atomic E-state index is -0.771. The van der Waals surface area contributed by atoms with Gasteiger partial charge < -0.3 is 14.9 Å². The van der Waals surface area contributed by atoms with Gasteiger partial charge in [0.05, 0.1) is 6.61 Å². The average molecular weight is 500 g/mol. The van der Waals surface area contributed by atoms with E-state index in [2.05, 4.69) is 36.8 Å². The summed E-state index contributed by atoms with van der Waals surface area (Å²) >= 11 is 1.66. The predicted molar refractivity (Wildman–Crippen MR) is 137 cm³/mol. The van der Waals surface area contributed by atoms with Crippen molar-refractivity contribution in [1.82, 2.24) is 24.8 Å². The number of anilines is 2. The molecule has 9 nitrogen and oxygen atoms in total. The Balaban J connectivity index is 1.49. The molecule has 2 saturated heterocycles. The molecule has 2 aliphatic heterocycles. The Morgan fingerprint density at radius 2 is 1.68 bits per heavy atom. The molecule has 5 rings (SSSR count). The van der Waals surface area contributed by atoms with Crippen molar-refractivity contribution in [2.24, 2.45) is 0 Å². The molecule has 34 heavy (non-hydrogen) atoms. The summed E-state index contributed by atoms with van der Waals surface area (Å²) in [6, 6.07) is 10.3. The maximum atomic E-state index is 12.0. The highest BCUT2D eigenvalue weighted by Crippen LogP contribution is 2.32. The van der Waals surface area contributed by atoms with Gasteiger partial charge in [0, 0.05) is 73.9 Å². The van der Waals surface area contributed by atoms with Crippen LogP contribution in [0.15, 0.2) is 41.7 Å². The lowest BCUT2D eigenvalue weighted by Gasteiger charge is -2.35. The lowest BCUT2D eigenvalue weighted by atomic mass is 10.2. The molecule has 2 aromatic heterocycles. The summed E-state index contributed by atoms with van der Waals surface area (Å²) < 4.78 is 12.0. The quantitative estimate of drug-likeness (QED) is 0.379. The third-order valence-corrected chi connectivity index (χ3v) is 8.51. The molecule has 3 aromatic rings. The molecular weight excluding hydrogens is 470 g/mol. The van der Waals surface area contributed by atoms with E-state index in [0.29, 0.717) is 37.1 Å². The molecule has 180 valence electrons. The second-order valence-corrected chi connectivity index (χ2v) is 11.0. The number of thioether (sulfide) groups is 1. The van der Waals surface area contributed by atoms with Crippen LogP contribution >= 0.6 is 11.8 Å². The van der Waals surface area contributed by atoms with Gasteiger partial charge >= 0.3 is 0 Å². The summed E-state index contributed by atoms with van der Waals surface area (Å²) in [5, 5.41) is 10.1. The second kappa shape index (κ2) is 10.9. The number of nitrogens with zero attached hydrogens (tertiary/aromatic N) is 7. The summed E-state index contributed by atoms with van der Waals surface area (Å²) in [5.41, 5.74) is 2.75. The summed E-state index contributed by atoms with van der Waals surface area (Å²) in [4.78, 5) is 25.8. The van der Waals surface area contributed by atoms with Gasteiger partial charge in [-0.2, -0.15) is 4.98 Å². The molecule has 4 heterocycles. The Morgan fingerprint density at radius 3 is 2.41 bits per heavy atom. The number of hydrogen-bond donors (Lipinski definition) is 1. The van der Waals surface area contributed by atoms with Crippen LogP contribution in [0.4, 0.5) is 11.8 Å². The third-order valence-electron chi connectivity index (χ3n) is 6.19. The van der Waals surface area contributed by atoms with Gasteiger partial charge in [0.25, 0.3) is 0 Å². The van der Waals surface area contributed by atoms with Crippen LogP contribution in [0.2, 0.25) is 0 Å². The van der Waals surface area contributed by atoms with Gasteiger partial charge in [-0.15, -0.1) is 0 Å². The lowest BCUT2D eigenvalue weighted by Crippen LogP contribution is -2.48. The van der Waals surface area contributed by atoms with Gasteiger partial charge in [0.1, 0.15) is 22.4 Å². The first-order chi connectivity index (χ1) is 16.7. The zero-order valence-electron chi connectivity index (χ0n) is 19.0. The first-order valence-corrected chi connectivity index (χ1v) is 14.1. The lowest BCUT2D eigenvalue weighted by molar-refractivity contribution is 0.188. The Bertz CT molecular complexity index is 1130. The van der Waals surface area contributed by atoms with Gasteiger partial charge in [0.2, 0.25) is 5.95 Å². The normalized spacial score (nSPS) is 18.0. The highest BCUT2D eigenvalue weighted by atomic mass is 32.2. The van der Waals surface area contributed by atoms with E-state index in [1.807, 2.05) is 18.2 Å². The van der Waals surface area contributed by atoms with Crippen LogP contribution in [-0.2, 0) is 16.6 Å². The Labute approximate surface area is 206 Å². The molecule has 0 amide bonds. The highest BCUT2D eigenvalue weighted by Gasteiger charge is 2.25. The Kier molecular flexibility index (Phi) is 7.53. The molecule has 1 aromatic carbocycles. The van der Waals surface area contributed by atoms with Gasteiger partial charge in [-0.3, -0.25) is 9.11 Å². The first-order valence-electron chi connectivity index (χ1n) is 11.6. The monoisotopic (exact) mass is 499 g/mol. The van der Waals surface area contributed by atoms with Gasteiger partial charge in [-0.25, -0.2) is 15.0 Å². The van der Waals surface area contributed by atoms with Crippen LogP contribution in [0.25, 0.3) is 11.0 Å². The first kappa shape index (κ1) is 23.4. The van der Waals surface area contributed by atoms with Crippen LogP contribution in [-0.4, -0.2) is 98.1 Å². The van der Waals surface area contributed by atoms with Crippen molar-refractivity contribution in [2.45, 2.75) is 10.8 Å². The number of aliphatic hydroxyl groups is 1. The molecule has 0 unspecified atom stereocenters. The number of β-amino-alcohol motifs (C(OH)–C–C–N with tert-alkyl or cyclic N) is 1. The van der Waals surface area contributed by atoms with Gasteiger partial charge in [0.15, 0.2) is 5.82 Å². The molecule has 0 radical (unpaired) electrons. The van der Waals surface area contributed by atoms with E-state index in [9.17, 15) is 9.32 Å². The van der Waals surface area contributed by atoms with Crippen molar-refractivity contribution in [1.29, 1.82) is 0 Å². The third kappa shape index (κ3) is 5.32. The van der Waals surface area contributed by atoms with Crippen molar-refractivity contribution in [3.05, 3.63) is 42.2 Å². The molecule has 2 fully saturated rings. The fourth-order valence-corrected chi connectivity index (χ4v) is 6.20. The van der Waals surface area contributed by atoms with Crippen molar-refractivity contribution < 1.29 is 9.32 Å². The van der Waals surface area contributed by atoms with E-state index in [4.69, 9.17) is 9.97 Å². The summed E-state index contributed by atoms with van der Waals surface area (Å²) in [6.45, 7) is 5.58. The molecule has 0 aliphatic carbocycles. The number of benzene rings is 1. The fourth-order valence-electron chi connectivity index (χ4n) is 4.26. The molecule has 11 heteroatoms. The minimum absolute atomic E-state index is 0.173. The van der Waals surface area contributed by atoms with E-state index in [1.54, 1.807) is 18.1 Å². The average Bonchev–Trinajstić information content (AvgIpc) is 2.88. The molecule has 0 bridgehead atoms. The van der Waals surface area contributed by atoms with E-state index >= 15 is 0 Å². The van der Waals surface area contributed by atoms with E-state index < -0.39 is 10.8 Å². The largest absolute Gasteiger partial charge is 0.395 e. The SMILES string of the molecule is O=S1CCN(c2nc(N3CCN(CCO)CC3)nc3c(SCc4ccccc4)ncnc23)CC1. The number of aliphatic hydroxyl groups excluding tert-OH is 1. The highest BCUT2D eigenvalue weighted by molar-refractivity contribution is 7.98. The number of rotatable bonds is 7. The number of aromatic nitrogens is 4. The summed E-state index contributed by atoms with van der Waals surface area (Å²) in [6.07, 6.45) is 1.60. The number of hydrogen-bond acceptors (Lipinski definition) is 10. The smallest absolute Gasteiger partial charge is 0.228 e. The summed E-state index contributed by atoms with van der Waals surface area (Å²) in [7, 11) is -0.771. The van der Waals surface area contributed by atoms with Crippen LogP contribution in [0, 0.1) is 0 Å². The van der Waals surface area contributed by atoms with Crippen LogP contribution < -0.4 is 9.80 Å². The topological polar surface area (TPSA) is 98.6 Å². The van der Waals surface area contributed by atoms with Crippen molar-refractivity contribution in [3.63, 3.8) is 0 Å². The predicted octanol–water partition coefficient (Wildman–Crippen LogP) is 1.40.